The Hall–Kier alpha value is -3.48. The lowest BCUT2D eigenvalue weighted by molar-refractivity contribution is -0.116. The zero-order valence-corrected chi connectivity index (χ0v) is 13.2. The maximum Gasteiger partial charge on any atom is 0.270 e. The third-order valence-corrected chi connectivity index (χ3v) is 3.98. The van der Waals surface area contributed by atoms with E-state index in [0.717, 1.165) is 10.9 Å². The average molecular weight is 333 g/mol. The molecule has 0 radical (unpaired) electrons. The molecule has 4 aromatic rings. The molecule has 25 heavy (non-hydrogen) atoms. The molecular weight excluding hydrogens is 318 g/mol. The largest absolute Gasteiger partial charge is 0.326 e. The molecule has 0 atom stereocenters. The van der Waals surface area contributed by atoms with Crippen LogP contribution in [0.25, 0.3) is 21.9 Å². The Balaban J connectivity index is 1.46. The lowest BCUT2D eigenvalue weighted by Gasteiger charge is -2.05. The number of aromatic amines is 2. The molecule has 7 nitrogen and oxygen atoms in total. The van der Waals surface area contributed by atoms with Crippen LogP contribution in [0, 0.1) is 0 Å². The first-order valence-electron chi connectivity index (χ1n) is 7.90. The summed E-state index contributed by atoms with van der Waals surface area (Å²) in [4.78, 5) is 31.4. The number of carbonyl (C=O) groups excluding carboxylic acids is 1. The summed E-state index contributed by atoms with van der Waals surface area (Å²) in [6, 6.07) is 12.8. The van der Waals surface area contributed by atoms with Crippen molar-refractivity contribution in [2.24, 2.45) is 0 Å². The summed E-state index contributed by atoms with van der Waals surface area (Å²) in [5.41, 5.74) is 3.03. The molecule has 2 heterocycles. The first kappa shape index (κ1) is 15.1. The Morgan fingerprint density at radius 3 is 2.92 bits per heavy atom. The SMILES string of the molecule is O=C(CCc1nc2ccccc2[nH]c1=O)Nc1ccc2cn[nH]c2c1. The molecule has 2 aromatic carbocycles. The Kier molecular flexibility index (Phi) is 3.74. The van der Waals surface area contributed by atoms with Crippen LogP contribution in [0.1, 0.15) is 12.1 Å². The number of rotatable bonds is 4. The molecule has 0 aliphatic heterocycles. The van der Waals surface area contributed by atoms with Crippen molar-refractivity contribution >= 4 is 33.5 Å². The van der Waals surface area contributed by atoms with Gasteiger partial charge in [-0.1, -0.05) is 12.1 Å². The molecule has 4 rings (SSSR count). The van der Waals surface area contributed by atoms with Gasteiger partial charge in [0.05, 0.1) is 22.7 Å². The summed E-state index contributed by atoms with van der Waals surface area (Å²) in [6.07, 6.45) is 2.17. The van der Waals surface area contributed by atoms with Gasteiger partial charge in [-0.2, -0.15) is 5.10 Å². The van der Waals surface area contributed by atoms with E-state index >= 15 is 0 Å². The molecule has 0 fully saturated rings. The number of nitrogens with zero attached hydrogens (tertiary/aromatic N) is 2. The second-order valence-corrected chi connectivity index (χ2v) is 5.75. The van der Waals surface area contributed by atoms with Crippen LogP contribution in [0.5, 0.6) is 0 Å². The Bertz CT molecular complexity index is 1130. The molecule has 1 amide bonds. The van der Waals surface area contributed by atoms with Crippen LogP contribution in [0.3, 0.4) is 0 Å². The van der Waals surface area contributed by atoms with Crippen LogP contribution >= 0.6 is 0 Å². The minimum absolute atomic E-state index is 0.173. The van der Waals surface area contributed by atoms with Crippen molar-refractivity contribution in [1.82, 2.24) is 20.2 Å². The molecule has 0 bridgehead atoms. The number of fused-ring (bicyclic) bond motifs is 2. The number of nitrogens with one attached hydrogen (secondary N) is 3. The van der Waals surface area contributed by atoms with Crippen LogP contribution in [-0.2, 0) is 11.2 Å². The first-order chi connectivity index (χ1) is 12.2. The van der Waals surface area contributed by atoms with Gasteiger partial charge in [0.2, 0.25) is 5.91 Å². The zero-order chi connectivity index (χ0) is 17.2. The number of hydrogen-bond donors (Lipinski definition) is 3. The Morgan fingerprint density at radius 1 is 1.12 bits per heavy atom. The topological polar surface area (TPSA) is 104 Å². The van der Waals surface area contributed by atoms with Gasteiger partial charge in [0.1, 0.15) is 5.69 Å². The number of hydrogen-bond acceptors (Lipinski definition) is 4. The number of carbonyl (C=O) groups is 1. The molecule has 0 saturated carbocycles. The second kappa shape index (κ2) is 6.20. The van der Waals surface area contributed by atoms with Gasteiger partial charge < -0.3 is 10.3 Å². The van der Waals surface area contributed by atoms with E-state index in [2.05, 4.69) is 25.5 Å². The standard InChI is InChI=1S/C18H15N5O2/c24-17(20-12-6-5-11-10-19-23-16(11)9-12)8-7-15-18(25)22-14-4-2-1-3-13(14)21-15/h1-6,9-10H,7-8H2,(H,19,23)(H,20,24)(H,22,25). The minimum atomic E-state index is -0.259. The van der Waals surface area contributed by atoms with E-state index < -0.39 is 0 Å². The molecule has 0 aliphatic rings. The van der Waals surface area contributed by atoms with Crippen LogP contribution in [0.2, 0.25) is 0 Å². The molecule has 0 aliphatic carbocycles. The number of H-pyrrole nitrogens is 2. The smallest absolute Gasteiger partial charge is 0.270 e. The summed E-state index contributed by atoms with van der Waals surface area (Å²) in [5.74, 6) is -0.173. The highest BCUT2D eigenvalue weighted by atomic mass is 16.1. The highest BCUT2D eigenvalue weighted by Crippen LogP contribution is 2.16. The fourth-order valence-electron chi connectivity index (χ4n) is 2.71. The molecule has 7 heteroatoms. The zero-order valence-electron chi connectivity index (χ0n) is 13.2. The van der Waals surface area contributed by atoms with Crippen molar-refractivity contribution in [3.63, 3.8) is 0 Å². The summed E-state index contributed by atoms with van der Waals surface area (Å²) in [7, 11) is 0. The molecule has 0 spiro atoms. The fourth-order valence-corrected chi connectivity index (χ4v) is 2.71. The van der Waals surface area contributed by atoms with Crippen molar-refractivity contribution < 1.29 is 4.79 Å². The molecule has 124 valence electrons. The summed E-state index contributed by atoms with van der Waals surface area (Å²) in [5, 5.41) is 10.6. The Labute approximate surface area is 142 Å². The fraction of sp³-hybridized carbons (Fsp3) is 0.111. The molecule has 2 aromatic heterocycles. The number of aromatic nitrogens is 4. The number of aryl methyl sites for hydroxylation is 1. The second-order valence-electron chi connectivity index (χ2n) is 5.75. The van der Waals surface area contributed by atoms with Gasteiger partial charge in [-0.25, -0.2) is 4.98 Å². The van der Waals surface area contributed by atoms with E-state index in [9.17, 15) is 9.59 Å². The van der Waals surface area contributed by atoms with Gasteiger partial charge in [0.15, 0.2) is 0 Å². The monoisotopic (exact) mass is 333 g/mol. The normalized spacial score (nSPS) is 11.0. The number of anilines is 1. The van der Waals surface area contributed by atoms with E-state index in [1.54, 1.807) is 12.3 Å². The summed E-state index contributed by atoms with van der Waals surface area (Å²) >= 11 is 0. The van der Waals surface area contributed by atoms with Crippen LogP contribution in [0.4, 0.5) is 5.69 Å². The van der Waals surface area contributed by atoms with E-state index in [-0.39, 0.29) is 24.3 Å². The van der Waals surface area contributed by atoms with Crippen LogP contribution in [-0.4, -0.2) is 26.1 Å². The van der Waals surface area contributed by atoms with Gasteiger partial charge in [-0.3, -0.25) is 14.7 Å². The highest BCUT2D eigenvalue weighted by Gasteiger charge is 2.09. The predicted molar refractivity (Wildman–Crippen MR) is 95.4 cm³/mol. The van der Waals surface area contributed by atoms with E-state index in [4.69, 9.17) is 0 Å². The average Bonchev–Trinajstić information content (AvgIpc) is 3.07. The first-order valence-corrected chi connectivity index (χ1v) is 7.90. The number of benzene rings is 2. The molecular formula is C18H15N5O2. The lowest BCUT2D eigenvalue weighted by Crippen LogP contribution is -2.19. The number of amides is 1. The van der Waals surface area contributed by atoms with Gasteiger partial charge in [-0.05, 0) is 30.3 Å². The summed E-state index contributed by atoms with van der Waals surface area (Å²) in [6.45, 7) is 0. The van der Waals surface area contributed by atoms with E-state index in [0.29, 0.717) is 22.4 Å². The van der Waals surface area contributed by atoms with Crippen molar-refractivity contribution in [2.75, 3.05) is 5.32 Å². The number of para-hydroxylation sites is 2. The third-order valence-electron chi connectivity index (χ3n) is 3.98. The van der Waals surface area contributed by atoms with Gasteiger partial charge in [0.25, 0.3) is 5.56 Å². The van der Waals surface area contributed by atoms with Crippen molar-refractivity contribution in [3.8, 4) is 0 Å². The van der Waals surface area contributed by atoms with Crippen molar-refractivity contribution in [2.45, 2.75) is 12.8 Å². The molecule has 0 saturated heterocycles. The lowest BCUT2D eigenvalue weighted by atomic mass is 10.2. The molecule has 3 N–H and O–H groups in total. The maximum atomic E-state index is 12.2. The van der Waals surface area contributed by atoms with E-state index in [1.807, 2.05) is 36.4 Å². The van der Waals surface area contributed by atoms with Gasteiger partial charge in [-0.15, -0.1) is 0 Å². The summed E-state index contributed by atoms with van der Waals surface area (Å²) < 4.78 is 0. The van der Waals surface area contributed by atoms with Crippen LogP contribution in [0.15, 0.2) is 53.5 Å². The van der Waals surface area contributed by atoms with Crippen molar-refractivity contribution in [3.05, 3.63) is 64.7 Å². The minimum Gasteiger partial charge on any atom is -0.326 e. The van der Waals surface area contributed by atoms with Crippen LogP contribution < -0.4 is 10.9 Å². The molecule has 0 unspecified atom stereocenters. The maximum absolute atomic E-state index is 12.2. The predicted octanol–water partition coefficient (Wildman–Crippen LogP) is 2.37. The van der Waals surface area contributed by atoms with E-state index in [1.165, 1.54) is 0 Å². The third kappa shape index (κ3) is 3.12. The van der Waals surface area contributed by atoms with Gasteiger partial charge >= 0.3 is 0 Å². The Morgan fingerprint density at radius 2 is 2.00 bits per heavy atom. The highest BCUT2D eigenvalue weighted by molar-refractivity contribution is 5.93. The van der Waals surface area contributed by atoms with Crippen molar-refractivity contribution in [1.29, 1.82) is 0 Å². The quantitative estimate of drug-likeness (QED) is 0.533. The van der Waals surface area contributed by atoms with Gasteiger partial charge in [0, 0.05) is 23.9 Å².